The number of hydrogen-bond donors (Lipinski definition) is 2. The van der Waals surface area contributed by atoms with Crippen LogP contribution in [0.15, 0.2) is 42.7 Å². The molecule has 1 atom stereocenters. The Hall–Kier alpha value is -2.14. The lowest BCUT2D eigenvalue weighted by Gasteiger charge is -2.14. The van der Waals surface area contributed by atoms with E-state index in [1.165, 1.54) is 0 Å². The lowest BCUT2D eigenvalue weighted by molar-refractivity contribution is -0.116. The zero-order chi connectivity index (χ0) is 15.1. The summed E-state index contributed by atoms with van der Waals surface area (Å²) in [4.78, 5) is 12.1. The van der Waals surface area contributed by atoms with Gasteiger partial charge in [0.15, 0.2) is 0 Å². The zero-order valence-electron chi connectivity index (χ0n) is 12.5. The Morgan fingerprint density at radius 1 is 1.33 bits per heavy atom. The third kappa shape index (κ3) is 4.72. The summed E-state index contributed by atoms with van der Waals surface area (Å²) in [5.41, 5.74) is 1.90. The fourth-order valence-corrected chi connectivity index (χ4v) is 2.25. The van der Waals surface area contributed by atoms with Crippen LogP contribution in [0.1, 0.15) is 25.8 Å². The van der Waals surface area contributed by atoms with Crippen LogP contribution >= 0.6 is 0 Å². The number of nitrogens with one attached hydrogen (secondary N) is 2. The summed E-state index contributed by atoms with van der Waals surface area (Å²) in [7, 11) is 0. The van der Waals surface area contributed by atoms with Gasteiger partial charge < -0.3 is 10.6 Å². The minimum absolute atomic E-state index is 0.0244. The molecule has 0 saturated carbocycles. The van der Waals surface area contributed by atoms with Crippen LogP contribution in [0, 0.1) is 0 Å². The summed E-state index contributed by atoms with van der Waals surface area (Å²) in [6.07, 6.45) is 4.12. The average molecular weight is 286 g/mol. The molecule has 0 aliphatic rings. The van der Waals surface area contributed by atoms with E-state index in [1.54, 1.807) is 6.20 Å². The number of hydrogen-bond acceptors (Lipinski definition) is 3. The van der Waals surface area contributed by atoms with E-state index in [-0.39, 0.29) is 11.9 Å². The molecule has 0 bridgehead atoms. The number of amides is 1. The number of anilines is 1. The van der Waals surface area contributed by atoms with Crippen LogP contribution in [0.3, 0.4) is 0 Å². The molecule has 2 rings (SSSR count). The Labute approximate surface area is 125 Å². The number of rotatable bonds is 7. The molecule has 0 radical (unpaired) electrons. The number of aromatic nitrogens is 2. The Morgan fingerprint density at radius 3 is 2.86 bits per heavy atom. The van der Waals surface area contributed by atoms with Crippen LogP contribution in [0.2, 0.25) is 0 Å². The molecule has 1 heterocycles. The molecule has 0 saturated heterocycles. The number of carbonyl (C=O) groups excluding carboxylic acids is 1. The Bertz CT molecular complexity index is 565. The lowest BCUT2D eigenvalue weighted by atomic mass is 10.1. The Kier molecular flexibility index (Phi) is 5.51. The summed E-state index contributed by atoms with van der Waals surface area (Å²) in [6.45, 7) is 5.56. The second-order valence-electron chi connectivity index (χ2n) is 5.07. The van der Waals surface area contributed by atoms with Crippen LogP contribution < -0.4 is 10.6 Å². The maximum atomic E-state index is 12.1. The molecule has 0 fully saturated rings. The summed E-state index contributed by atoms with van der Waals surface area (Å²) in [5.74, 6) is 0.0244. The highest BCUT2D eigenvalue weighted by Gasteiger charge is 2.10. The van der Waals surface area contributed by atoms with Gasteiger partial charge in [0.2, 0.25) is 5.91 Å². The van der Waals surface area contributed by atoms with Gasteiger partial charge in [-0.2, -0.15) is 5.10 Å². The fraction of sp³-hybridized carbons (Fsp3) is 0.375. The average Bonchev–Trinajstić information content (AvgIpc) is 2.94. The van der Waals surface area contributed by atoms with Gasteiger partial charge in [0.05, 0.1) is 6.54 Å². The zero-order valence-corrected chi connectivity index (χ0v) is 12.5. The van der Waals surface area contributed by atoms with Crippen molar-refractivity contribution in [1.29, 1.82) is 0 Å². The van der Waals surface area contributed by atoms with Crippen LogP contribution in [0.4, 0.5) is 5.69 Å². The first-order valence-electron chi connectivity index (χ1n) is 7.27. The maximum absolute atomic E-state index is 12.1. The van der Waals surface area contributed by atoms with Crippen molar-refractivity contribution in [2.75, 3.05) is 11.9 Å². The first-order chi connectivity index (χ1) is 10.2. The monoisotopic (exact) mass is 286 g/mol. The smallest absolute Gasteiger partial charge is 0.225 e. The van der Waals surface area contributed by atoms with Gasteiger partial charge in [-0.1, -0.05) is 25.1 Å². The van der Waals surface area contributed by atoms with E-state index < -0.39 is 0 Å². The molecule has 2 N–H and O–H groups in total. The highest BCUT2D eigenvalue weighted by Crippen LogP contribution is 2.16. The molecular formula is C16H22N4O. The van der Waals surface area contributed by atoms with Crippen molar-refractivity contribution in [3.8, 4) is 0 Å². The fourth-order valence-electron chi connectivity index (χ4n) is 2.25. The van der Waals surface area contributed by atoms with E-state index >= 15 is 0 Å². The van der Waals surface area contributed by atoms with Crippen molar-refractivity contribution in [1.82, 2.24) is 15.1 Å². The first-order valence-corrected chi connectivity index (χ1v) is 7.27. The largest absolute Gasteiger partial charge is 0.326 e. The van der Waals surface area contributed by atoms with E-state index in [9.17, 15) is 4.79 Å². The molecule has 0 aliphatic carbocycles. The quantitative estimate of drug-likeness (QED) is 0.821. The Morgan fingerprint density at radius 2 is 2.14 bits per heavy atom. The summed E-state index contributed by atoms with van der Waals surface area (Å²) in [6, 6.07) is 9.89. The van der Waals surface area contributed by atoms with Gasteiger partial charge in [-0.05, 0) is 31.2 Å². The van der Waals surface area contributed by atoms with Crippen LogP contribution in [0.5, 0.6) is 0 Å². The van der Waals surface area contributed by atoms with Crippen molar-refractivity contribution in [3.05, 3.63) is 48.3 Å². The van der Waals surface area contributed by atoms with Gasteiger partial charge >= 0.3 is 0 Å². The molecule has 2 aromatic rings. The predicted molar refractivity (Wildman–Crippen MR) is 84.2 cm³/mol. The SMILES string of the molecule is CCNC(C)CC(=O)Nc1ccccc1Cn1cccn1. The van der Waals surface area contributed by atoms with Crippen molar-refractivity contribution in [2.24, 2.45) is 0 Å². The molecule has 112 valence electrons. The Balaban J connectivity index is 2.01. The highest BCUT2D eigenvalue weighted by molar-refractivity contribution is 5.91. The molecule has 1 aromatic heterocycles. The van der Waals surface area contributed by atoms with Crippen molar-refractivity contribution >= 4 is 11.6 Å². The van der Waals surface area contributed by atoms with Crippen molar-refractivity contribution in [3.63, 3.8) is 0 Å². The molecular weight excluding hydrogens is 264 g/mol. The van der Waals surface area contributed by atoms with Gasteiger partial charge in [0.1, 0.15) is 0 Å². The van der Waals surface area contributed by atoms with E-state index in [2.05, 4.69) is 15.7 Å². The third-order valence-corrected chi connectivity index (χ3v) is 3.23. The number of nitrogens with zero attached hydrogens (tertiary/aromatic N) is 2. The minimum Gasteiger partial charge on any atom is -0.326 e. The topological polar surface area (TPSA) is 59.0 Å². The second-order valence-corrected chi connectivity index (χ2v) is 5.07. The van der Waals surface area contributed by atoms with E-state index in [4.69, 9.17) is 0 Å². The molecule has 5 heteroatoms. The molecule has 1 amide bonds. The highest BCUT2D eigenvalue weighted by atomic mass is 16.1. The van der Waals surface area contributed by atoms with Crippen molar-refractivity contribution in [2.45, 2.75) is 32.9 Å². The molecule has 21 heavy (non-hydrogen) atoms. The molecule has 1 unspecified atom stereocenters. The van der Waals surface area contributed by atoms with Crippen LogP contribution in [-0.2, 0) is 11.3 Å². The van der Waals surface area contributed by atoms with E-state index in [0.717, 1.165) is 17.8 Å². The maximum Gasteiger partial charge on any atom is 0.225 e. The van der Waals surface area contributed by atoms with E-state index in [1.807, 2.05) is 55.1 Å². The number of carbonyl (C=O) groups is 1. The van der Waals surface area contributed by atoms with Crippen molar-refractivity contribution < 1.29 is 4.79 Å². The van der Waals surface area contributed by atoms with Gasteiger partial charge in [0.25, 0.3) is 0 Å². The van der Waals surface area contributed by atoms with E-state index in [0.29, 0.717) is 13.0 Å². The van der Waals surface area contributed by atoms with Gasteiger partial charge in [-0.3, -0.25) is 9.48 Å². The van der Waals surface area contributed by atoms with Gasteiger partial charge in [-0.25, -0.2) is 0 Å². The third-order valence-electron chi connectivity index (χ3n) is 3.23. The van der Waals surface area contributed by atoms with Gasteiger partial charge in [0, 0.05) is 30.5 Å². The molecule has 5 nitrogen and oxygen atoms in total. The molecule has 1 aromatic carbocycles. The first kappa shape index (κ1) is 15.3. The normalized spacial score (nSPS) is 12.1. The summed E-state index contributed by atoms with van der Waals surface area (Å²) in [5, 5.41) is 10.4. The molecule has 0 spiro atoms. The lowest BCUT2D eigenvalue weighted by Crippen LogP contribution is -2.30. The summed E-state index contributed by atoms with van der Waals surface area (Å²) < 4.78 is 1.84. The predicted octanol–water partition coefficient (Wildman–Crippen LogP) is 2.26. The summed E-state index contributed by atoms with van der Waals surface area (Å²) >= 11 is 0. The molecule has 0 aliphatic heterocycles. The standard InChI is InChI=1S/C16H22N4O/c1-3-17-13(2)11-16(21)19-15-8-5-4-7-14(15)12-20-10-6-9-18-20/h4-10,13,17H,3,11-12H2,1-2H3,(H,19,21). The minimum atomic E-state index is 0.0244. The van der Waals surface area contributed by atoms with Crippen LogP contribution in [-0.4, -0.2) is 28.3 Å². The number of benzene rings is 1. The second kappa shape index (κ2) is 7.59. The van der Waals surface area contributed by atoms with Gasteiger partial charge in [-0.15, -0.1) is 0 Å². The van der Waals surface area contributed by atoms with Crippen LogP contribution in [0.25, 0.3) is 0 Å². The number of para-hydroxylation sites is 1.